The van der Waals surface area contributed by atoms with Gasteiger partial charge in [-0.15, -0.1) is 0 Å². The van der Waals surface area contributed by atoms with Gasteiger partial charge in [-0.25, -0.2) is 9.18 Å². The highest BCUT2D eigenvalue weighted by atomic mass is 19.1. The van der Waals surface area contributed by atoms with Crippen LogP contribution in [0.2, 0.25) is 0 Å². The molecular weight excluding hydrogens is 335 g/mol. The number of ether oxygens (including phenoxy) is 1. The molecule has 1 spiro atoms. The number of carbonyl (C=O) groups is 2. The Kier molecular flexibility index (Phi) is 3.05. The summed E-state index contributed by atoms with van der Waals surface area (Å²) in [5, 5.41) is 0. The van der Waals surface area contributed by atoms with Crippen LogP contribution < -0.4 is 0 Å². The van der Waals surface area contributed by atoms with E-state index in [1.165, 1.54) is 12.3 Å². The molecule has 1 aromatic carbocycles. The molecule has 1 saturated carbocycles. The number of hydrogen-bond donors (Lipinski definition) is 0. The molecule has 0 radical (unpaired) electrons. The number of fused-ring (bicyclic) bond motifs is 2. The summed E-state index contributed by atoms with van der Waals surface area (Å²) in [7, 11) is 0. The van der Waals surface area contributed by atoms with Gasteiger partial charge in [0.15, 0.2) is 5.60 Å². The number of carbonyl (C=O) groups excluding carboxylic acids is 2. The highest BCUT2D eigenvalue weighted by Gasteiger charge is 2.58. The first-order valence-electron chi connectivity index (χ1n) is 8.78. The zero-order valence-corrected chi connectivity index (χ0v) is 14.1. The van der Waals surface area contributed by atoms with Gasteiger partial charge in [0.05, 0.1) is 17.5 Å². The number of halogens is 1. The quantitative estimate of drug-likeness (QED) is 0.780. The van der Waals surface area contributed by atoms with Crippen molar-refractivity contribution in [2.75, 3.05) is 13.1 Å². The van der Waals surface area contributed by atoms with Crippen LogP contribution >= 0.6 is 0 Å². The van der Waals surface area contributed by atoms with Crippen molar-refractivity contribution >= 4 is 11.9 Å². The zero-order valence-electron chi connectivity index (χ0n) is 14.1. The second kappa shape index (κ2) is 5.13. The highest BCUT2D eigenvalue weighted by molar-refractivity contribution is 5.95. The monoisotopic (exact) mass is 352 g/mol. The first-order valence-corrected chi connectivity index (χ1v) is 8.78. The van der Waals surface area contributed by atoms with Crippen LogP contribution in [0.15, 0.2) is 42.7 Å². The third-order valence-corrected chi connectivity index (χ3v) is 5.89. The highest BCUT2D eigenvalue weighted by Crippen LogP contribution is 2.52. The van der Waals surface area contributed by atoms with Gasteiger partial charge in [0, 0.05) is 36.5 Å². The first kappa shape index (κ1) is 15.5. The smallest absolute Gasteiger partial charge is 0.341 e. The summed E-state index contributed by atoms with van der Waals surface area (Å²) in [6, 6.07) is 8.28. The first-order chi connectivity index (χ1) is 12.6. The Bertz CT molecular complexity index is 940. The molecule has 1 amide bonds. The summed E-state index contributed by atoms with van der Waals surface area (Å²) in [4.78, 5) is 31.1. The number of nitrogens with zero attached hydrogens (tertiary/aromatic N) is 2. The molecule has 5 rings (SSSR count). The van der Waals surface area contributed by atoms with Crippen molar-refractivity contribution < 1.29 is 18.7 Å². The van der Waals surface area contributed by atoms with Crippen molar-refractivity contribution in [3.8, 4) is 0 Å². The summed E-state index contributed by atoms with van der Waals surface area (Å²) in [6.07, 6.45) is 5.00. The maximum Gasteiger partial charge on any atom is 0.341 e. The topological polar surface area (TPSA) is 59.5 Å². The van der Waals surface area contributed by atoms with Gasteiger partial charge in [0.25, 0.3) is 0 Å². The van der Waals surface area contributed by atoms with Crippen molar-refractivity contribution in [1.82, 2.24) is 9.88 Å². The third-order valence-electron chi connectivity index (χ3n) is 5.89. The lowest BCUT2D eigenvalue weighted by Gasteiger charge is -2.27. The van der Waals surface area contributed by atoms with E-state index in [9.17, 15) is 14.0 Å². The zero-order chi connectivity index (χ0) is 17.9. The lowest BCUT2D eigenvalue weighted by atomic mass is 9.92. The molecule has 1 aromatic heterocycles. The lowest BCUT2D eigenvalue weighted by molar-refractivity contribution is -0.134. The van der Waals surface area contributed by atoms with Crippen molar-refractivity contribution in [3.63, 3.8) is 0 Å². The predicted octanol–water partition coefficient (Wildman–Crippen LogP) is 2.55. The number of aromatic nitrogens is 1. The van der Waals surface area contributed by atoms with Crippen LogP contribution in [0.4, 0.5) is 4.39 Å². The molecule has 26 heavy (non-hydrogen) atoms. The van der Waals surface area contributed by atoms with Gasteiger partial charge in [-0.3, -0.25) is 9.78 Å². The molecule has 1 saturated heterocycles. The Morgan fingerprint density at radius 1 is 1.15 bits per heavy atom. The molecule has 0 N–H and O–H groups in total. The SMILES string of the molecule is O=C1OC2(CCN(C(=O)C3(c4ccccc4F)CC3)C2)c2ccncc21. The third kappa shape index (κ3) is 1.98. The minimum absolute atomic E-state index is 0.0713. The standard InChI is InChI=1S/C20H17FN2O3/c21-16-4-2-1-3-15(16)19(6-7-19)18(25)23-10-8-20(12-23)14-5-9-22-11-13(14)17(24)26-20/h1-5,9,11H,6-8,10,12H2. The molecule has 0 bridgehead atoms. The van der Waals surface area contributed by atoms with Crippen LogP contribution in [0.25, 0.3) is 0 Å². The molecule has 3 aliphatic rings. The average Bonchev–Trinajstić information content (AvgIpc) is 3.28. The lowest BCUT2D eigenvalue weighted by Crippen LogP contribution is -2.40. The molecule has 132 valence electrons. The maximum absolute atomic E-state index is 14.3. The van der Waals surface area contributed by atoms with E-state index < -0.39 is 17.0 Å². The largest absolute Gasteiger partial charge is 0.449 e. The van der Waals surface area contributed by atoms with Crippen molar-refractivity contribution in [1.29, 1.82) is 0 Å². The van der Waals surface area contributed by atoms with E-state index in [0.717, 1.165) is 5.56 Å². The number of hydrogen-bond acceptors (Lipinski definition) is 4. The molecule has 3 heterocycles. The van der Waals surface area contributed by atoms with Gasteiger partial charge in [-0.1, -0.05) is 18.2 Å². The van der Waals surface area contributed by atoms with E-state index >= 15 is 0 Å². The van der Waals surface area contributed by atoms with Crippen LogP contribution in [0.5, 0.6) is 0 Å². The van der Waals surface area contributed by atoms with E-state index in [-0.39, 0.29) is 11.7 Å². The van der Waals surface area contributed by atoms with Crippen molar-refractivity contribution in [2.24, 2.45) is 0 Å². The van der Waals surface area contributed by atoms with E-state index in [4.69, 9.17) is 4.74 Å². The molecule has 2 fully saturated rings. The maximum atomic E-state index is 14.3. The van der Waals surface area contributed by atoms with Crippen LogP contribution in [0.3, 0.4) is 0 Å². The fourth-order valence-corrected chi connectivity index (χ4v) is 4.38. The molecule has 1 unspecified atom stereocenters. The van der Waals surface area contributed by atoms with Gasteiger partial charge < -0.3 is 9.64 Å². The Hall–Kier alpha value is -2.76. The fourth-order valence-electron chi connectivity index (χ4n) is 4.38. The van der Waals surface area contributed by atoms with Crippen molar-refractivity contribution in [2.45, 2.75) is 30.3 Å². The molecule has 2 aliphatic heterocycles. The number of amides is 1. The number of benzene rings is 1. The number of pyridine rings is 1. The normalized spacial score (nSPS) is 25.3. The van der Waals surface area contributed by atoms with Gasteiger partial charge >= 0.3 is 5.97 Å². The van der Waals surface area contributed by atoms with Crippen LogP contribution in [0, 0.1) is 5.82 Å². The molecule has 5 nitrogen and oxygen atoms in total. The number of rotatable bonds is 2. The second-order valence-electron chi connectivity index (χ2n) is 7.34. The summed E-state index contributed by atoms with van der Waals surface area (Å²) in [5.41, 5.74) is 0.177. The van der Waals surface area contributed by atoms with Gasteiger partial charge in [-0.05, 0) is 25.0 Å². The van der Waals surface area contributed by atoms with Gasteiger partial charge in [0.2, 0.25) is 5.91 Å². The summed E-state index contributed by atoms with van der Waals surface area (Å²) in [6.45, 7) is 0.800. The van der Waals surface area contributed by atoms with Crippen LogP contribution in [0.1, 0.15) is 40.7 Å². The molecule has 1 aliphatic carbocycles. The molecule has 1 atom stereocenters. The minimum atomic E-state index is -0.795. The Balaban J connectivity index is 1.45. The van der Waals surface area contributed by atoms with Gasteiger partial charge in [0.1, 0.15) is 5.82 Å². The van der Waals surface area contributed by atoms with Crippen LogP contribution in [-0.2, 0) is 20.5 Å². The predicted molar refractivity (Wildman–Crippen MR) is 89.8 cm³/mol. The molecular formula is C20H17FN2O3. The number of likely N-dealkylation sites (tertiary alicyclic amines) is 1. The Morgan fingerprint density at radius 3 is 2.73 bits per heavy atom. The van der Waals surface area contributed by atoms with Crippen molar-refractivity contribution in [3.05, 3.63) is 65.2 Å². The van der Waals surface area contributed by atoms with Gasteiger partial charge in [-0.2, -0.15) is 0 Å². The second-order valence-corrected chi connectivity index (χ2v) is 7.34. The van der Waals surface area contributed by atoms with E-state index in [0.29, 0.717) is 43.5 Å². The fraction of sp³-hybridized carbons (Fsp3) is 0.350. The molecule has 2 aromatic rings. The number of esters is 1. The minimum Gasteiger partial charge on any atom is -0.449 e. The molecule has 6 heteroatoms. The van der Waals surface area contributed by atoms with E-state index in [1.807, 2.05) is 0 Å². The summed E-state index contributed by atoms with van der Waals surface area (Å²) >= 11 is 0. The van der Waals surface area contributed by atoms with E-state index in [2.05, 4.69) is 4.98 Å². The Labute approximate surface area is 149 Å². The summed E-state index contributed by atoms with van der Waals surface area (Å²) < 4.78 is 19.9. The average molecular weight is 352 g/mol. The van der Waals surface area contributed by atoms with Crippen LogP contribution in [-0.4, -0.2) is 34.8 Å². The van der Waals surface area contributed by atoms with E-state index in [1.54, 1.807) is 35.4 Å². The summed E-state index contributed by atoms with van der Waals surface area (Å²) in [5.74, 6) is -0.799. The Morgan fingerprint density at radius 2 is 1.96 bits per heavy atom.